The quantitative estimate of drug-likeness (QED) is 0.480. The Bertz CT molecular complexity index is 757. The highest BCUT2D eigenvalue weighted by atomic mass is 16.5. The highest BCUT2D eigenvalue weighted by Crippen LogP contribution is 2.68. The summed E-state index contributed by atoms with van der Waals surface area (Å²) < 4.78 is 4.63. The van der Waals surface area contributed by atoms with E-state index < -0.39 is 0 Å². The minimum Gasteiger partial charge on any atom is -0.469 e. The van der Waals surface area contributed by atoms with Crippen LogP contribution in [0.2, 0.25) is 0 Å². The van der Waals surface area contributed by atoms with Gasteiger partial charge in [-0.2, -0.15) is 0 Å². The molecule has 3 N–H and O–H groups in total. The van der Waals surface area contributed by atoms with Gasteiger partial charge in [0.25, 0.3) is 0 Å². The number of amides is 1. The van der Waals surface area contributed by atoms with E-state index in [-0.39, 0.29) is 41.3 Å². The van der Waals surface area contributed by atoms with Gasteiger partial charge < -0.3 is 20.3 Å². The summed E-state index contributed by atoms with van der Waals surface area (Å²) >= 11 is 0. The summed E-state index contributed by atoms with van der Waals surface area (Å²) in [6, 6.07) is 0. The van der Waals surface area contributed by atoms with Crippen LogP contribution in [0.15, 0.2) is 0 Å². The van der Waals surface area contributed by atoms with E-state index in [0.717, 1.165) is 32.1 Å². The summed E-state index contributed by atoms with van der Waals surface area (Å²) in [6.45, 7) is 7.58. The summed E-state index contributed by atoms with van der Waals surface area (Å²) in [5.74, 6) is 2.73. The summed E-state index contributed by atoms with van der Waals surface area (Å²) in [7, 11) is 1.36. The molecular formula is C28H47NO5. The Kier molecular flexibility index (Phi) is 7.69. The lowest BCUT2D eigenvalue weighted by atomic mass is 9.43. The van der Waals surface area contributed by atoms with Gasteiger partial charge in [0, 0.05) is 13.0 Å². The van der Waals surface area contributed by atoms with E-state index in [1.165, 1.54) is 32.8 Å². The molecule has 4 aliphatic rings. The predicted octanol–water partition coefficient (Wildman–Crippen LogP) is 4.07. The zero-order valence-corrected chi connectivity index (χ0v) is 21.7. The number of methoxy groups -OCH3 is 1. The third kappa shape index (κ3) is 4.66. The van der Waals surface area contributed by atoms with Crippen molar-refractivity contribution in [1.29, 1.82) is 0 Å². The van der Waals surface area contributed by atoms with E-state index in [1.807, 2.05) is 0 Å². The number of esters is 1. The largest absolute Gasteiger partial charge is 0.469 e. The van der Waals surface area contributed by atoms with Crippen LogP contribution in [0.25, 0.3) is 0 Å². The zero-order valence-electron chi connectivity index (χ0n) is 21.7. The number of aliphatic hydroxyl groups excluding tert-OH is 2. The van der Waals surface area contributed by atoms with Crippen LogP contribution < -0.4 is 5.32 Å². The van der Waals surface area contributed by atoms with Gasteiger partial charge in [0.05, 0.1) is 25.7 Å². The number of carbonyl (C=O) groups is 2. The average molecular weight is 478 g/mol. The Morgan fingerprint density at radius 1 is 1.00 bits per heavy atom. The maximum absolute atomic E-state index is 12.3. The molecule has 2 unspecified atom stereocenters. The SMILES string of the molecule is COC(=O)CCNC(=O)CC[C@@H](C)[C@H]1CCC2[C@H]3C(CC[C@@]21C)[C@@]1(C)CC[C@@H](O)C[C@H]1C[C@@H]3O. The van der Waals surface area contributed by atoms with Crippen LogP contribution >= 0.6 is 0 Å². The van der Waals surface area contributed by atoms with Crippen LogP contribution in [0.3, 0.4) is 0 Å². The van der Waals surface area contributed by atoms with Crippen molar-refractivity contribution >= 4 is 11.9 Å². The summed E-state index contributed by atoms with van der Waals surface area (Å²) in [4.78, 5) is 23.5. The van der Waals surface area contributed by atoms with Crippen molar-refractivity contribution in [2.45, 2.75) is 104 Å². The number of ether oxygens (including phenoxy) is 1. The smallest absolute Gasteiger partial charge is 0.307 e. The van der Waals surface area contributed by atoms with Gasteiger partial charge in [-0.3, -0.25) is 9.59 Å². The number of fused-ring (bicyclic) bond motifs is 5. The van der Waals surface area contributed by atoms with Crippen LogP contribution in [0, 0.1) is 46.3 Å². The van der Waals surface area contributed by atoms with Gasteiger partial charge in [-0.05, 0) is 104 Å². The molecule has 0 aromatic heterocycles. The molecule has 0 heterocycles. The van der Waals surface area contributed by atoms with E-state index >= 15 is 0 Å². The van der Waals surface area contributed by atoms with Crippen LogP contribution in [0.5, 0.6) is 0 Å². The molecule has 6 heteroatoms. The number of hydrogen-bond donors (Lipinski definition) is 3. The third-order valence-electron chi connectivity index (χ3n) is 11.1. The molecule has 4 aliphatic carbocycles. The normalized spacial score (nSPS) is 44.4. The molecule has 34 heavy (non-hydrogen) atoms. The van der Waals surface area contributed by atoms with Crippen molar-refractivity contribution in [3.05, 3.63) is 0 Å². The second-order valence-electron chi connectivity index (χ2n) is 12.6. The summed E-state index contributed by atoms with van der Waals surface area (Å²) in [5, 5.41) is 24.5. The molecule has 10 atom stereocenters. The number of rotatable bonds is 7. The molecule has 194 valence electrons. The fraction of sp³-hybridized carbons (Fsp3) is 0.929. The summed E-state index contributed by atoms with van der Waals surface area (Å²) in [5.41, 5.74) is 0.497. The Morgan fingerprint density at radius 3 is 2.44 bits per heavy atom. The summed E-state index contributed by atoms with van der Waals surface area (Å²) in [6.07, 6.45) is 9.67. The first-order valence-corrected chi connectivity index (χ1v) is 13.8. The lowest BCUT2D eigenvalue weighted by Crippen LogP contribution is -2.58. The Hall–Kier alpha value is -1.14. The van der Waals surface area contributed by atoms with Gasteiger partial charge in [-0.25, -0.2) is 0 Å². The van der Waals surface area contributed by atoms with Crippen molar-refractivity contribution in [1.82, 2.24) is 5.32 Å². The topological polar surface area (TPSA) is 95.9 Å². The molecule has 0 saturated heterocycles. The van der Waals surface area contributed by atoms with Gasteiger partial charge in [0.1, 0.15) is 0 Å². The lowest BCUT2D eigenvalue weighted by Gasteiger charge is -2.62. The Labute approximate surface area is 205 Å². The van der Waals surface area contributed by atoms with Crippen LogP contribution in [-0.4, -0.2) is 48.0 Å². The van der Waals surface area contributed by atoms with E-state index in [9.17, 15) is 19.8 Å². The molecule has 4 rings (SSSR count). The number of nitrogens with one attached hydrogen (secondary N) is 1. The van der Waals surface area contributed by atoms with Gasteiger partial charge in [-0.15, -0.1) is 0 Å². The first-order chi connectivity index (χ1) is 16.1. The molecule has 0 spiro atoms. The first-order valence-electron chi connectivity index (χ1n) is 13.8. The van der Waals surface area contributed by atoms with E-state index in [4.69, 9.17) is 0 Å². The standard InChI is InChI=1S/C28H47NO5/c1-17(5-8-24(32)29-14-11-25(33)34-4)20-6-7-21-26-22(10-13-28(20,21)3)27(2)12-9-19(30)15-18(27)16-23(26)31/h17-23,26,30-31H,5-16H2,1-4H3,(H,29,32)/t17-,18+,19-,20-,21?,22?,23+,26+,27+,28-/m1/s1. The van der Waals surface area contributed by atoms with E-state index in [0.29, 0.717) is 48.5 Å². The van der Waals surface area contributed by atoms with Crippen LogP contribution in [0.1, 0.15) is 91.4 Å². The number of aliphatic hydroxyl groups is 2. The van der Waals surface area contributed by atoms with Gasteiger partial charge in [0.15, 0.2) is 0 Å². The zero-order chi connectivity index (χ0) is 24.7. The van der Waals surface area contributed by atoms with Crippen molar-refractivity contribution in [2.24, 2.45) is 46.3 Å². The van der Waals surface area contributed by atoms with E-state index in [1.54, 1.807) is 0 Å². The molecule has 1 amide bonds. The minimum atomic E-state index is -0.302. The van der Waals surface area contributed by atoms with Gasteiger partial charge in [0.2, 0.25) is 5.91 Å². The lowest BCUT2D eigenvalue weighted by molar-refractivity contribution is -0.174. The fourth-order valence-electron chi connectivity index (χ4n) is 9.23. The maximum Gasteiger partial charge on any atom is 0.307 e. The predicted molar refractivity (Wildman–Crippen MR) is 131 cm³/mol. The minimum absolute atomic E-state index is 0.0142. The highest BCUT2D eigenvalue weighted by molar-refractivity contribution is 5.77. The Morgan fingerprint density at radius 2 is 1.71 bits per heavy atom. The van der Waals surface area contributed by atoms with E-state index in [2.05, 4.69) is 30.8 Å². The highest BCUT2D eigenvalue weighted by Gasteiger charge is 2.62. The molecule has 0 bridgehead atoms. The maximum atomic E-state index is 12.3. The second-order valence-corrected chi connectivity index (χ2v) is 12.6. The number of hydrogen-bond acceptors (Lipinski definition) is 5. The molecule has 0 aromatic carbocycles. The molecule has 6 nitrogen and oxygen atoms in total. The molecular weight excluding hydrogens is 430 g/mol. The van der Waals surface area contributed by atoms with Crippen molar-refractivity contribution < 1.29 is 24.5 Å². The molecule has 0 aromatic rings. The molecule has 0 radical (unpaired) electrons. The number of carbonyl (C=O) groups excluding carboxylic acids is 2. The van der Waals surface area contributed by atoms with Crippen molar-refractivity contribution in [3.8, 4) is 0 Å². The Balaban J connectivity index is 1.37. The average Bonchev–Trinajstić information content (AvgIpc) is 3.15. The molecule has 4 saturated carbocycles. The molecule has 4 fully saturated rings. The fourth-order valence-corrected chi connectivity index (χ4v) is 9.23. The van der Waals surface area contributed by atoms with Crippen molar-refractivity contribution in [3.63, 3.8) is 0 Å². The third-order valence-corrected chi connectivity index (χ3v) is 11.1. The van der Waals surface area contributed by atoms with Crippen LogP contribution in [0.4, 0.5) is 0 Å². The van der Waals surface area contributed by atoms with Crippen LogP contribution in [-0.2, 0) is 14.3 Å². The van der Waals surface area contributed by atoms with Gasteiger partial charge in [-0.1, -0.05) is 20.8 Å². The monoisotopic (exact) mass is 477 g/mol. The second kappa shape index (κ2) is 10.1. The first kappa shape index (κ1) is 25.9. The molecule has 0 aliphatic heterocycles. The van der Waals surface area contributed by atoms with Crippen molar-refractivity contribution in [2.75, 3.05) is 13.7 Å². The van der Waals surface area contributed by atoms with Gasteiger partial charge >= 0.3 is 5.97 Å².